The number of para-hydroxylation sites is 1. The molecule has 4 aromatic rings. The van der Waals surface area contributed by atoms with Gasteiger partial charge in [0, 0.05) is 21.2 Å². The second kappa shape index (κ2) is 4.54. The van der Waals surface area contributed by atoms with E-state index in [1.807, 2.05) is 42.5 Å². The second-order valence-corrected chi connectivity index (χ2v) is 5.44. The molecule has 0 saturated carbocycles. The third-order valence-electron chi connectivity index (χ3n) is 3.68. The summed E-state index contributed by atoms with van der Waals surface area (Å²) < 4.78 is 0. The summed E-state index contributed by atoms with van der Waals surface area (Å²) in [7, 11) is 0. The molecule has 0 bridgehead atoms. The van der Waals surface area contributed by atoms with Crippen molar-refractivity contribution in [3.63, 3.8) is 0 Å². The van der Waals surface area contributed by atoms with Gasteiger partial charge in [-0.1, -0.05) is 35.9 Å². The van der Waals surface area contributed by atoms with Crippen molar-refractivity contribution in [1.82, 2.24) is 4.98 Å². The molecule has 0 spiro atoms. The van der Waals surface area contributed by atoms with Gasteiger partial charge in [0.25, 0.3) is 0 Å². The highest BCUT2D eigenvalue weighted by molar-refractivity contribution is 6.31. The largest absolute Gasteiger partial charge is 0.289 e. The number of aromatic nitrogens is 1. The first-order chi connectivity index (χ1) is 10.2. The normalized spacial score (nSPS) is 11.3. The number of benzene rings is 2. The minimum absolute atomic E-state index is 0.0140. The van der Waals surface area contributed by atoms with Gasteiger partial charge in [0.15, 0.2) is 5.43 Å². The Hall–Kier alpha value is -2.45. The predicted octanol–water partition coefficient (Wildman–Crippen LogP) is 4.55. The molecule has 0 atom stereocenters. The van der Waals surface area contributed by atoms with Gasteiger partial charge < -0.3 is 0 Å². The Kier molecular flexibility index (Phi) is 2.66. The lowest BCUT2D eigenvalue weighted by Crippen LogP contribution is -1.99. The molecule has 3 heteroatoms. The van der Waals surface area contributed by atoms with Crippen LogP contribution < -0.4 is 5.43 Å². The topological polar surface area (TPSA) is 30.0 Å². The van der Waals surface area contributed by atoms with Gasteiger partial charge in [-0.3, -0.25) is 4.79 Å². The molecule has 1 heterocycles. The Morgan fingerprint density at radius 3 is 2.52 bits per heavy atom. The van der Waals surface area contributed by atoms with Gasteiger partial charge in [-0.25, -0.2) is 4.98 Å². The molecule has 2 nitrogen and oxygen atoms in total. The molecule has 100 valence electrons. The summed E-state index contributed by atoms with van der Waals surface area (Å²) in [6.45, 7) is 0. The summed E-state index contributed by atoms with van der Waals surface area (Å²) in [4.78, 5) is 17.4. The number of rotatable bonds is 0. The fraction of sp³-hybridized carbons (Fsp3) is 0. The fourth-order valence-corrected chi connectivity index (χ4v) is 2.81. The van der Waals surface area contributed by atoms with Crippen LogP contribution in [0.1, 0.15) is 0 Å². The standard InChI is InChI=1S/C18H10ClNO/c19-13-6-7-14-11(9-13)5-8-17-15(18(14)21)10-12-3-1-2-4-16(12)20-17/h1-10H. The van der Waals surface area contributed by atoms with E-state index < -0.39 is 0 Å². The molecule has 0 aliphatic heterocycles. The molecule has 0 saturated heterocycles. The van der Waals surface area contributed by atoms with Crippen LogP contribution in [-0.2, 0) is 0 Å². The zero-order valence-corrected chi connectivity index (χ0v) is 11.8. The van der Waals surface area contributed by atoms with Crippen LogP contribution in [0.3, 0.4) is 0 Å². The van der Waals surface area contributed by atoms with E-state index in [1.54, 1.807) is 18.2 Å². The predicted molar refractivity (Wildman–Crippen MR) is 88.0 cm³/mol. The lowest BCUT2D eigenvalue weighted by Gasteiger charge is -1.98. The van der Waals surface area contributed by atoms with Gasteiger partial charge in [-0.05, 0) is 41.8 Å². The quantitative estimate of drug-likeness (QED) is 0.475. The first kappa shape index (κ1) is 12.3. The Morgan fingerprint density at radius 1 is 0.762 bits per heavy atom. The van der Waals surface area contributed by atoms with E-state index >= 15 is 0 Å². The van der Waals surface area contributed by atoms with Gasteiger partial charge in [0.05, 0.1) is 11.0 Å². The van der Waals surface area contributed by atoms with Crippen LogP contribution in [0.15, 0.2) is 65.5 Å². The molecule has 0 radical (unpaired) electrons. The highest BCUT2D eigenvalue weighted by Gasteiger charge is 2.05. The molecule has 0 unspecified atom stereocenters. The minimum Gasteiger partial charge on any atom is -0.289 e. The SMILES string of the molecule is O=c1c2ccc(Cl)cc2ccc2nc3ccccc3cc12. The average molecular weight is 292 g/mol. The van der Waals surface area contributed by atoms with Crippen LogP contribution in [-0.4, -0.2) is 4.98 Å². The maximum Gasteiger partial charge on any atom is 0.195 e. The van der Waals surface area contributed by atoms with E-state index in [0.717, 1.165) is 16.3 Å². The average Bonchev–Trinajstić information content (AvgIpc) is 2.63. The zero-order chi connectivity index (χ0) is 14.4. The monoisotopic (exact) mass is 291 g/mol. The zero-order valence-electron chi connectivity index (χ0n) is 11.0. The number of nitrogens with zero attached hydrogens (tertiary/aromatic N) is 1. The molecule has 1 aromatic heterocycles. The Labute approximate surface area is 125 Å². The molecule has 21 heavy (non-hydrogen) atoms. The van der Waals surface area contributed by atoms with Crippen LogP contribution >= 0.6 is 11.6 Å². The maximum absolute atomic E-state index is 12.8. The number of fused-ring (bicyclic) bond motifs is 3. The highest BCUT2D eigenvalue weighted by atomic mass is 35.5. The first-order valence-corrected chi connectivity index (χ1v) is 7.02. The van der Waals surface area contributed by atoms with Crippen LogP contribution in [0.25, 0.3) is 32.6 Å². The van der Waals surface area contributed by atoms with Crippen LogP contribution in [0, 0.1) is 0 Å². The number of hydrogen-bond acceptors (Lipinski definition) is 2. The van der Waals surface area contributed by atoms with E-state index in [9.17, 15) is 4.79 Å². The number of halogens is 1. The Balaban J connectivity index is 2.27. The summed E-state index contributed by atoms with van der Waals surface area (Å²) in [5.41, 5.74) is 1.57. The molecular weight excluding hydrogens is 282 g/mol. The van der Waals surface area contributed by atoms with Crippen molar-refractivity contribution in [3.8, 4) is 0 Å². The fourth-order valence-electron chi connectivity index (χ4n) is 2.63. The van der Waals surface area contributed by atoms with Crippen molar-refractivity contribution in [3.05, 3.63) is 75.9 Å². The first-order valence-electron chi connectivity index (χ1n) is 6.64. The molecular formula is C18H10ClNO. The molecule has 0 N–H and O–H groups in total. The third kappa shape index (κ3) is 1.96. The molecule has 0 amide bonds. The Morgan fingerprint density at radius 2 is 1.62 bits per heavy atom. The lowest BCUT2D eigenvalue weighted by atomic mass is 10.1. The van der Waals surface area contributed by atoms with Crippen LogP contribution in [0.2, 0.25) is 5.02 Å². The van der Waals surface area contributed by atoms with Gasteiger partial charge in [0.1, 0.15) is 0 Å². The van der Waals surface area contributed by atoms with Crippen LogP contribution in [0.5, 0.6) is 0 Å². The lowest BCUT2D eigenvalue weighted by molar-refractivity contribution is 1.50. The second-order valence-electron chi connectivity index (χ2n) is 5.01. The van der Waals surface area contributed by atoms with E-state index in [0.29, 0.717) is 21.3 Å². The smallest absolute Gasteiger partial charge is 0.195 e. The molecule has 0 aliphatic rings. The molecule has 0 aliphatic carbocycles. The number of hydrogen-bond donors (Lipinski definition) is 0. The summed E-state index contributed by atoms with van der Waals surface area (Å²) in [5.74, 6) is 0. The minimum atomic E-state index is -0.0140. The molecule has 3 aromatic carbocycles. The maximum atomic E-state index is 12.8. The summed E-state index contributed by atoms with van der Waals surface area (Å²) in [5, 5.41) is 3.71. The van der Waals surface area contributed by atoms with Crippen molar-refractivity contribution in [1.29, 1.82) is 0 Å². The molecule has 0 fully saturated rings. The molecule has 4 rings (SSSR count). The Bertz CT molecular complexity index is 1070. The van der Waals surface area contributed by atoms with E-state index in [-0.39, 0.29) is 5.43 Å². The van der Waals surface area contributed by atoms with E-state index in [2.05, 4.69) is 4.98 Å². The summed E-state index contributed by atoms with van der Waals surface area (Å²) in [6, 6.07) is 18.8. The third-order valence-corrected chi connectivity index (χ3v) is 3.91. The van der Waals surface area contributed by atoms with E-state index in [1.165, 1.54) is 0 Å². The van der Waals surface area contributed by atoms with Gasteiger partial charge in [-0.15, -0.1) is 0 Å². The van der Waals surface area contributed by atoms with Crippen LogP contribution in [0.4, 0.5) is 0 Å². The summed E-state index contributed by atoms with van der Waals surface area (Å²) in [6.07, 6.45) is 0. The van der Waals surface area contributed by atoms with E-state index in [4.69, 9.17) is 11.6 Å². The van der Waals surface area contributed by atoms with Gasteiger partial charge in [-0.2, -0.15) is 0 Å². The van der Waals surface area contributed by atoms with Crippen molar-refractivity contribution in [2.24, 2.45) is 0 Å². The summed E-state index contributed by atoms with van der Waals surface area (Å²) >= 11 is 6.01. The van der Waals surface area contributed by atoms with Crippen molar-refractivity contribution >= 4 is 44.2 Å². The highest BCUT2D eigenvalue weighted by Crippen LogP contribution is 2.21. The number of pyridine rings is 1. The van der Waals surface area contributed by atoms with Crippen molar-refractivity contribution < 1.29 is 0 Å². The van der Waals surface area contributed by atoms with Gasteiger partial charge >= 0.3 is 0 Å². The van der Waals surface area contributed by atoms with Gasteiger partial charge in [0.2, 0.25) is 0 Å². The van der Waals surface area contributed by atoms with Crippen molar-refractivity contribution in [2.45, 2.75) is 0 Å². The van der Waals surface area contributed by atoms with Crippen molar-refractivity contribution in [2.75, 3.05) is 0 Å².